The molecule has 3 aromatic carbocycles. The highest BCUT2D eigenvalue weighted by Crippen LogP contribution is 2.27. The highest BCUT2D eigenvalue weighted by molar-refractivity contribution is 7.92. The number of sulfonamides is 1. The fraction of sp³-hybridized carbons (Fsp3) is 0.286. The number of amides is 2. The molecule has 3 aromatic rings. The van der Waals surface area contributed by atoms with Gasteiger partial charge in [-0.05, 0) is 92.9 Å². The van der Waals surface area contributed by atoms with Gasteiger partial charge in [0.25, 0.3) is 10.0 Å². The molecule has 0 spiro atoms. The zero-order valence-corrected chi connectivity index (χ0v) is 24.1. The van der Waals surface area contributed by atoms with Crippen LogP contribution >= 0.6 is 23.2 Å². The first-order chi connectivity index (χ1) is 17.9. The Morgan fingerprint density at radius 1 is 0.921 bits per heavy atom. The van der Waals surface area contributed by atoms with E-state index in [1.165, 1.54) is 29.2 Å². The van der Waals surface area contributed by atoms with Crippen molar-refractivity contribution in [3.63, 3.8) is 0 Å². The van der Waals surface area contributed by atoms with E-state index in [4.69, 9.17) is 23.2 Å². The topological polar surface area (TPSA) is 86.8 Å². The molecule has 0 heterocycles. The summed E-state index contributed by atoms with van der Waals surface area (Å²) in [6, 6.07) is 17.1. The molecule has 0 saturated carbocycles. The molecule has 1 atom stereocenters. The van der Waals surface area contributed by atoms with E-state index in [1.807, 2.05) is 13.8 Å². The van der Waals surface area contributed by atoms with Crippen LogP contribution < -0.4 is 9.62 Å². The normalized spacial score (nSPS) is 12.1. The minimum atomic E-state index is -4.16. The van der Waals surface area contributed by atoms with Crippen LogP contribution in [0.3, 0.4) is 0 Å². The Labute approximate surface area is 234 Å². The number of nitrogens with one attached hydrogen (secondary N) is 1. The van der Waals surface area contributed by atoms with Crippen LogP contribution in [0.25, 0.3) is 0 Å². The largest absolute Gasteiger partial charge is 0.355 e. The third-order valence-electron chi connectivity index (χ3n) is 6.22. The molecular weight excluding hydrogens is 545 g/mol. The zero-order valence-electron chi connectivity index (χ0n) is 21.7. The zero-order chi connectivity index (χ0) is 28.0. The molecule has 2 amide bonds. The summed E-state index contributed by atoms with van der Waals surface area (Å²) < 4.78 is 28.7. The average Bonchev–Trinajstić information content (AvgIpc) is 2.87. The Hall–Kier alpha value is -3.07. The van der Waals surface area contributed by atoms with Crippen LogP contribution in [0.15, 0.2) is 71.6 Å². The first-order valence-electron chi connectivity index (χ1n) is 12.1. The Bertz CT molecular complexity index is 1410. The Kier molecular flexibility index (Phi) is 9.82. The Morgan fingerprint density at radius 2 is 1.61 bits per heavy atom. The van der Waals surface area contributed by atoms with Crippen molar-refractivity contribution in [3.8, 4) is 0 Å². The number of halogens is 2. The standard InChI is InChI=1S/C28H31Cl2N3O4S/c1-5-31-28(35)21(4)32(17-22-7-6-8-24(30)16-22)27(34)18-33(25-12-9-19(2)20(3)15-25)38(36,37)26-13-10-23(29)11-14-26/h6-16,21H,5,17-18H2,1-4H3,(H,31,35)/t21-/m0/s1. The molecule has 0 aromatic heterocycles. The first-order valence-corrected chi connectivity index (χ1v) is 14.3. The quantitative estimate of drug-likeness (QED) is 0.352. The lowest BCUT2D eigenvalue weighted by Crippen LogP contribution is -2.51. The number of carbonyl (C=O) groups excluding carboxylic acids is 2. The van der Waals surface area contributed by atoms with E-state index in [2.05, 4.69) is 5.32 Å². The summed E-state index contributed by atoms with van der Waals surface area (Å²) in [5.74, 6) is -0.888. The lowest BCUT2D eigenvalue weighted by molar-refractivity contribution is -0.139. The molecule has 7 nitrogen and oxygen atoms in total. The number of benzene rings is 3. The minimum absolute atomic E-state index is 0.00825. The molecule has 0 aliphatic carbocycles. The van der Waals surface area contributed by atoms with E-state index >= 15 is 0 Å². The van der Waals surface area contributed by atoms with Gasteiger partial charge in [-0.25, -0.2) is 8.42 Å². The van der Waals surface area contributed by atoms with Gasteiger partial charge in [0.2, 0.25) is 11.8 Å². The smallest absolute Gasteiger partial charge is 0.264 e. The summed E-state index contributed by atoms with van der Waals surface area (Å²) in [5, 5.41) is 3.61. The molecule has 202 valence electrons. The molecule has 0 saturated heterocycles. The van der Waals surface area contributed by atoms with Gasteiger partial charge in [-0.1, -0.05) is 41.4 Å². The lowest BCUT2D eigenvalue weighted by Gasteiger charge is -2.32. The molecule has 1 N–H and O–H groups in total. The second kappa shape index (κ2) is 12.7. The van der Waals surface area contributed by atoms with Gasteiger partial charge >= 0.3 is 0 Å². The maximum Gasteiger partial charge on any atom is 0.264 e. The van der Waals surface area contributed by atoms with E-state index in [1.54, 1.807) is 56.3 Å². The average molecular weight is 577 g/mol. The van der Waals surface area contributed by atoms with E-state index in [0.717, 1.165) is 15.4 Å². The summed E-state index contributed by atoms with van der Waals surface area (Å²) in [4.78, 5) is 27.9. The van der Waals surface area contributed by atoms with E-state index in [-0.39, 0.29) is 17.3 Å². The summed E-state index contributed by atoms with van der Waals surface area (Å²) in [6.07, 6.45) is 0. The minimum Gasteiger partial charge on any atom is -0.355 e. The molecule has 0 unspecified atom stereocenters. The van der Waals surface area contributed by atoms with Crippen LogP contribution in [-0.4, -0.2) is 44.3 Å². The molecule has 0 radical (unpaired) electrons. The van der Waals surface area contributed by atoms with Gasteiger partial charge < -0.3 is 10.2 Å². The molecular formula is C28H31Cl2N3O4S. The predicted octanol–water partition coefficient (Wildman–Crippen LogP) is 5.36. The third-order valence-corrected chi connectivity index (χ3v) is 8.49. The van der Waals surface area contributed by atoms with Gasteiger partial charge in [-0.2, -0.15) is 0 Å². The number of hydrogen-bond acceptors (Lipinski definition) is 4. The summed E-state index contributed by atoms with van der Waals surface area (Å²) in [6.45, 7) is 7.13. The maximum atomic E-state index is 13.8. The molecule has 10 heteroatoms. The Balaban J connectivity index is 2.06. The van der Waals surface area contributed by atoms with Crippen LogP contribution in [0.5, 0.6) is 0 Å². The second-order valence-corrected chi connectivity index (χ2v) is 11.7. The number of rotatable bonds is 10. The molecule has 0 aliphatic heterocycles. The fourth-order valence-electron chi connectivity index (χ4n) is 3.88. The Morgan fingerprint density at radius 3 is 2.21 bits per heavy atom. The van der Waals surface area contributed by atoms with Crippen molar-refractivity contribution in [2.45, 2.75) is 45.2 Å². The third kappa shape index (κ3) is 7.07. The SMILES string of the molecule is CCNC(=O)[C@H](C)N(Cc1cccc(Cl)c1)C(=O)CN(c1ccc(C)c(C)c1)S(=O)(=O)c1ccc(Cl)cc1. The van der Waals surface area contributed by atoms with Crippen LogP contribution in [0.1, 0.15) is 30.5 Å². The van der Waals surface area contributed by atoms with Crippen LogP contribution in [0, 0.1) is 13.8 Å². The number of likely N-dealkylation sites (N-methyl/N-ethyl adjacent to an activating group) is 1. The summed E-state index contributed by atoms with van der Waals surface area (Å²) >= 11 is 12.1. The van der Waals surface area contributed by atoms with Crippen molar-refractivity contribution in [3.05, 3.63) is 93.5 Å². The van der Waals surface area contributed by atoms with Gasteiger partial charge in [0, 0.05) is 23.1 Å². The second-order valence-electron chi connectivity index (χ2n) is 8.96. The van der Waals surface area contributed by atoms with Gasteiger partial charge in [0.05, 0.1) is 10.6 Å². The predicted molar refractivity (Wildman–Crippen MR) is 152 cm³/mol. The maximum absolute atomic E-state index is 13.8. The number of carbonyl (C=O) groups is 2. The van der Waals surface area contributed by atoms with Gasteiger partial charge in [0.15, 0.2) is 0 Å². The van der Waals surface area contributed by atoms with E-state index in [0.29, 0.717) is 27.8 Å². The van der Waals surface area contributed by atoms with Crippen molar-refractivity contribution in [1.29, 1.82) is 0 Å². The molecule has 0 aliphatic rings. The van der Waals surface area contributed by atoms with Crippen molar-refractivity contribution in [2.24, 2.45) is 0 Å². The first kappa shape index (κ1) is 29.5. The monoisotopic (exact) mass is 575 g/mol. The number of anilines is 1. The van der Waals surface area contributed by atoms with Gasteiger partial charge in [-0.3, -0.25) is 13.9 Å². The van der Waals surface area contributed by atoms with Crippen LogP contribution in [-0.2, 0) is 26.2 Å². The van der Waals surface area contributed by atoms with Crippen molar-refractivity contribution >= 4 is 50.7 Å². The lowest BCUT2D eigenvalue weighted by atomic mass is 10.1. The van der Waals surface area contributed by atoms with Crippen molar-refractivity contribution in [1.82, 2.24) is 10.2 Å². The number of hydrogen-bond donors (Lipinski definition) is 1. The number of nitrogens with zero attached hydrogens (tertiary/aromatic N) is 2. The molecule has 0 fully saturated rings. The summed E-state index contributed by atoms with van der Waals surface area (Å²) in [5.41, 5.74) is 2.90. The summed E-state index contributed by atoms with van der Waals surface area (Å²) in [7, 11) is -4.16. The van der Waals surface area contributed by atoms with Gasteiger partial charge in [-0.15, -0.1) is 0 Å². The van der Waals surface area contributed by atoms with Crippen molar-refractivity contribution < 1.29 is 18.0 Å². The molecule has 0 bridgehead atoms. The van der Waals surface area contributed by atoms with Crippen LogP contribution in [0.4, 0.5) is 5.69 Å². The number of aryl methyl sites for hydroxylation is 2. The highest BCUT2D eigenvalue weighted by atomic mass is 35.5. The molecule has 3 rings (SSSR count). The highest BCUT2D eigenvalue weighted by Gasteiger charge is 2.32. The van der Waals surface area contributed by atoms with E-state index < -0.39 is 28.5 Å². The fourth-order valence-corrected chi connectivity index (χ4v) is 5.62. The molecule has 38 heavy (non-hydrogen) atoms. The van der Waals surface area contributed by atoms with E-state index in [9.17, 15) is 18.0 Å². The van der Waals surface area contributed by atoms with Crippen LogP contribution in [0.2, 0.25) is 10.0 Å². The van der Waals surface area contributed by atoms with Crippen molar-refractivity contribution in [2.75, 3.05) is 17.4 Å². The van der Waals surface area contributed by atoms with Gasteiger partial charge in [0.1, 0.15) is 12.6 Å².